The molecule has 0 radical (unpaired) electrons. The molecule has 134 valence electrons. The number of benzene rings is 2. The molecule has 4 nitrogen and oxygen atoms in total. The smallest absolute Gasteiger partial charge is 0.224 e. The van der Waals surface area contributed by atoms with Crippen molar-refractivity contribution in [1.29, 1.82) is 0 Å². The molecule has 0 aliphatic rings. The van der Waals surface area contributed by atoms with Gasteiger partial charge in [0.25, 0.3) is 0 Å². The van der Waals surface area contributed by atoms with E-state index < -0.39 is 0 Å². The first-order valence-electron chi connectivity index (χ1n) is 8.51. The molecule has 0 bridgehead atoms. The van der Waals surface area contributed by atoms with Crippen LogP contribution in [0.1, 0.15) is 19.1 Å². The van der Waals surface area contributed by atoms with E-state index in [0.717, 1.165) is 28.5 Å². The van der Waals surface area contributed by atoms with Crippen molar-refractivity contribution < 1.29 is 13.9 Å². The zero-order valence-electron chi connectivity index (χ0n) is 14.5. The van der Waals surface area contributed by atoms with E-state index >= 15 is 0 Å². The summed E-state index contributed by atoms with van der Waals surface area (Å²) in [6, 6.07) is 18.6. The molecule has 0 atom stereocenters. The van der Waals surface area contributed by atoms with Crippen LogP contribution in [0.25, 0.3) is 11.3 Å². The first kappa shape index (κ1) is 18.1. The molecular formula is C21H20ClNO3. The normalized spacial score (nSPS) is 10.5. The lowest BCUT2D eigenvalue weighted by atomic mass is 10.2. The Morgan fingerprint density at radius 3 is 2.46 bits per heavy atom. The van der Waals surface area contributed by atoms with Gasteiger partial charge < -0.3 is 14.5 Å². The molecule has 3 rings (SSSR count). The van der Waals surface area contributed by atoms with Crippen molar-refractivity contribution in [2.45, 2.75) is 19.8 Å². The number of nitrogens with one attached hydrogen (secondary N) is 1. The Morgan fingerprint density at radius 1 is 1.04 bits per heavy atom. The average Bonchev–Trinajstić information content (AvgIpc) is 3.11. The summed E-state index contributed by atoms with van der Waals surface area (Å²) in [6.45, 7) is 2.55. The zero-order valence-corrected chi connectivity index (χ0v) is 15.3. The van der Waals surface area contributed by atoms with Gasteiger partial charge in [-0.1, -0.05) is 11.6 Å². The van der Waals surface area contributed by atoms with Gasteiger partial charge in [-0.3, -0.25) is 4.79 Å². The van der Waals surface area contributed by atoms with Crippen LogP contribution < -0.4 is 10.1 Å². The Balaban J connectivity index is 1.52. The molecule has 5 heteroatoms. The minimum Gasteiger partial charge on any atom is -0.494 e. The molecule has 3 aromatic rings. The predicted octanol–water partition coefficient (Wildman–Crippen LogP) is 5.57. The minimum atomic E-state index is -0.0568. The maximum Gasteiger partial charge on any atom is 0.224 e. The van der Waals surface area contributed by atoms with E-state index in [9.17, 15) is 4.79 Å². The third-order valence-electron chi connectivity index (χ3n) is 3.84. The van der Waals surface area contributed by atoms with E-state index in [1.807, 2.05) is 67.6 Å². The van der Waals surface area contributed by atoms with E-state index in [-0.39, 0.29) is 5.91 Å². The number of carbonyl (C=O) groups excluding carboxylic acids is 1. The van der Waals surface area contributed by atoms with Crippen molar-refractivity contribution in [3.8, 4) is 17.1 Å². The second kappa shape index (κ2) is 8.59. The lowest BCUT2D eigenvalue weighted by Crippen LogP contribution is -2.12. The van der Waals surface area contributed by atoms with Crippen LogP contribution in [0.5, 0.6) is 5.75 Å². The van der Waals surface area contributed by atoms with E-state index in [1.54, 1.807) is 0 Å². The third kappa shape index (κ3) is 4.90. The van der Waals surface area contributed by atoms with Crippen LogP contribution in [0.15, 0.2) is 65.1 Å². The number of hydrogen-bond acceptors (Lipinski definition) is 3. The van der Waals surface area contributed by atoms with Crippen LogP contribution in [0.2, 0.25) is 5.02 Å². The van der Waals surface area contributed by atoms with Crippen molar-refractivity contribution in [2.75, 3.05) is 11.9 Å². The summed E-state index contributed by atoms with van der Waals surface area (Å²) in [5.41, 5.74) is 1.71. The van der Waals surface area contributed by atoms with Crippen molar-refractivity contribution in [2.24, 2.45) is 0 Å². The molecule has 0 unspecified atom stereocenters. The van der Waals surface area contributed by atoms with Gasteiger partial charge in [0.15, 0.2) is 0 Å². The maximum atomic E-state index is 12.1. The average molecular weight is 370 g/mol. The second-order valence-corrected chi connectivity index (χ2v) is 6.21. The summed E-state index contributed by atoms with van der Waals surface area (Å²) in [4.78, 5) is 12.1. The molecule has 0 saturated heterocycles. The lowest BCUT2D eigenvalue weighted by Gasteiger charge is -2.06. The Labute approximate surface area is 157 Å². The molecule has 0 aliphatic heterocycles. The second-order valence-electron chi connectivity index (χ2n) is 5.78. The van der Waals surface area contributed by atoms with Crippen LogP contribution in [0, 0.1) is 0 Å². The fraction of sp³-hybridized carbons (Fsp3) is 0.190. The molecule has 1 aromatic heterocycles. The summed E-state index contributed by atoms with van der Waals surface area (Å²) in [6.07, 6.45) is 0.886. The van der Waals surface area contributed by atoms with Gasteiger partial charge in [0.2, 0.25) is 5.91 Å². The lowest BCUT2D eigenvalue weighted by molar-refractivity contribution is -0.116. The quantitative estimate of drug-likeness (QED) is 0.592. The fourth-order valence-electron chi connectivity index (χ4n) is 2.54. The van der Waals surface area contributed by atoms with Crippen LogP contribution in [0.4, 0.5) is 5.69 Å². The number of aryl methyl sites for hydroxylation is 1. The zero-order chi connectivity index (χ0) is 18.4. The summed E-state index contributed by atoms with van der Waals surface area (Å²) in [5.74, 6) is 2.27. The Bertz CT molecular complexity index is 854. The number of hydrogen-bond donors (Lipinski definition) is 1. The van der Waals surface area contributed by atoms with Crippen LogP contribution in [-0.4, -0.2) is 12.5 Å². The first-order chi connectivity index (χ1) is 12.6. The number of halogens is 1. The number of amides is 1. The molecule has 26 heavy (non-hydrogen) atoms. The number of ether oxygens (including phenoxy) is 1. The highest BCUT2D eigenvalue weighted by Gasteiger charge is 2.08. The summed E-state index contributed by atoms with van der Waals surface area (Å²) < 4.78 is 11.2. The van der Waals surface area contributed by atoms with E-state index in [4.69, 9.17) is 20.8 Å². The molecule has 1 N–H and O–H groups in total. The third-order valence-corrected chi connectivity index (χ3v) is 4.09. The van der Waals surface area contributed by atoms with E-state index in [2.05, 4.69) is 5.32 Å². The van der Waals surface area contributed by atoms with Crippen molar-refractivity contribution >= 4 is 23.2 Å². The standard InChI is InChI=1S/C21H20ClNO3/c1-2-25-18-9-7-17(8-10-18)23-21(24)14-12-19-11-13-20(26-19)15-3-5-16(22)6-4-15/h3-11,13H,2,12,14H2,1H3,(H,23,24). The molecule has 0 spiro atoms. The van der Waals surface area contributed by atoms with Gasteiger partial charge in [-0.25, -0.2) is 0 Å². The fourth-order valence-corrected chi connectivity index (χ4v) is 2.67. The summed E-state index contributed by atoms with van der Waals surface area (Å²) >= 11 is 5.90. The van der Waals surface area contributed by atoms with Crippen molar-refractivity contribution in [3.05, 3.63) is 71.4 Å². The molecule has 0 fully saturated rings. The predicted molar refractivity (Wildman–Crippen MR) is 104 cm³/mol. The monoisotopic (exact) mass is 369 g/mol. The Hall–Kier alpha value is -2.72. The van der Waals surface area contributed by atoms with Gasteiger partial charge in [-0.2, -0.15) is 0 Å². The molecule has 1 heterocycles. The van der Waals surface area contributed by atoms with Gasteiger partial charge in [0.1, 0.15) is 17.3 Å². The largest absolute Gasteiger partial charge is 0.494 e. The van der Waals surface area contributed by atoms with Gasteiger partial charge in [-0.05, 0) is 67.6 Å². The maximum absolute atomic E-state index is 12.1. The van der Waals surface area contributed by atoms with E-state index in [1.165, 1.54) is 0 Å². The van der Waals surface area contributed by atoms with E-state index in [0.29, 0.717) is 24.5 Å². The number of furan rings is 1. The summed E-state index contributed by atoms with van der Waals surface area (Å²) in [7, 11) is 0. The van der Waals surface area contributed by atoms with Crippen LogP contribution in [-0.2, 0) is 11.2 Å². The SMILES string of the molecule is CCOc1ccc(NC(=O)CCc2ccc(-c3ccc(Cl)cc3)o2)cc1. The van der Waals surface area contributed by atoms with Crippen molar-refractivity contribution in [1.82, 2.24) is 0 Å². The Morgan fingerprint density at radius 2 is 1.77 bits per heavy atom. The highest BCUT2D eigenvalue weighted by atomic mass is 35.5. The molecule has 0 saturated carbocycles. The number of anilines is 1. The molecular weight excluding hydrogens is 350 g/mol. The Kier molecular flexibility index (Phi) is 5.97. The highest BCUT2D eigenvalue weighted by Crippen LogP contribution is 2.24. The first-order valence-corrected chi connectivity index (χ1v) is 8.89. The minimum absolute atomic E-state index is 0.0568. The molecule has 2 aromatic carbocycles. The van der Waals surface area contributed by atoms with Crippen LogP contribution >= 0.6 is 11.6 Å². The summed E-state index contributed by atoms with van der Waals surface area (Å²) in [5, 5.41) is 3.56. The van der Waals surface area contributed by atoms with Gasteiger partial charge in [0, 0.05) is 29.1 Å². The van der Waals surface area contributed by atoms with Crippen molar-refractivity contribution in [3.63, 3.8) is 0 Å². The van der Waals surface area contributed by atoms with Gasteiger partial charge >= 0.3 is 0 Å². The van der Waals surface area contributed by atoms with Crippen LogP contribution in [0.3, 0.4) is 0 Å². The van der Waals surface area contributed by atoms with Gasteiger partial charge in [-0.15, -0.1) is 0 Å². The molecule has 1 amide bonds. The highest BCUT2D eigenvalue weighted by molar-refractivity contribution is 6.30. The molecule has 0 aliphatic carbocycles. The number of carbonyl (C=O) groups is 1. The topological polar surface area (TPSA) is 51.5 Å². The van der Waals surface area contributed by atoms with Gasteiger partial charge in [0.05, 0.1) is 6.61 Å². The number of rotatable bonds is 7.